The van der Waals surface area contributed by atoms with Gasteiger partial charge in [-0.05, 0) is 62.8 Å². The Morgan fingerprint density at radius 1 is 1.06 bits per heavy atom. The van der Waals surface area contributed by atoms with Crippen molar-refractivity contribution in [3.8, 4) is 11.5 Å². The van der Waals surface area contributed by atoms with Crippen LogP contribution < -0.4 is 15.4 Å². The Morgan fingerprint density at radius 3 is 2.52 bits per heavy atom. The van der Waals surface area contributed by atoms with Gasteiger partial charge in [-0.25, -0.2) is 4.79 Å². The van der Waals surface area contributed by atoms with Gasteiger partial charge in [-0.3, -0.25) is 9.78 Å². The standard InChI is InChI=1S/C24H33N3O4/c1-3-8-21-22(12-11-20(18(2)28)23(21)29)31-16-7-15-27-24(30)26-14-5-4-9-19-10-6-13-25-17-19/h6,10-13,17,29H,3-5,7-9,14-16H2,1-2H3,(H2,26,27,30). The van der Waals surface area contributed by atoms with Crippen molar-refractivity contribution in [2.24, 2.45) is 0 Å². The number of Topliss-reactive ketones (excluding diaryl/α,β-unsaturated/α-hetero) is 1. The summed E-state index contributed by atoms with van der Waals surface area (Å²) >= 11 is 0. The lowest BCUT2D eigenvalue weighted by atomic mass is 10.0. The van der Waals surface area contributed by atoms with Gasteiger partial charge in [-0.15, -0.1) is 0 Å². The minimum absolute atomic E-state index is 0.00730. The molecule has 0 saturated heterocycles. The van der Waals surface area contributed by atoms with Crippen molar-refractivity contribution in [3.63, 3.8) is 0 Å². The van der Waals surface area contributed by atoms with E-state index in [1.165, 1.54) is 12.5 Å². The molecular weight excluding hydrogens is 394 g/mol. The highest BCUT2D eigenvalue weighted by molar-refractivity contribution is 5.97. The molecular formula is C24H33N3O4. The zero-order valence-corrected chi connectivity index (χ0v) is 18.4. The molecule has 0 aliphatic carbocycles. The van der Waals surface area contributed by atoms with E-state index in [0.29, 0.717) is 49.4 Å². The molecule has 0 atom stereocenters. The molecule has 7 nitrogen and oxygen atoms in total. The SMILES string of the molecule is CCCc1c(OCCCNC(=O)NCCCCc2cccnc2)ccc(C(C)=O)c1O. The number of phenols is 1. The summed E-state index contributed by atoms with van der Waals surface area (Å²) in [6.45, 7) is 4.96. The fourth-order valence-electron chi connectivity index (χ4n) is 3.25. The van der Waals surface area contributed by atoms with E-state index in [1.807, 2.05) is 19.2 Å². The summed E-state index contributed by atoms with van der Waals surface area (Å²) in [5, 5.41) is 16.0. The fourth-order valence-corrected chi connectivity index (χ4v) is 3.25. The van der Waals surface area contributed by atoms with E-state index >= 15 is 0 Å². The summed E-state index contributed by atoms with van der Waals surface area (Å²) in [4.78, 5) is 27.6. The number of hydrogen-bond acceptors (Lipinski definition) is 5. The monoisotopic (exact) mass is 427 g/mol. The molecule has 0 unspecified atom stereocenters. The van der Waals surface area contributed by atoms with Crippen LogP contribution in [0, 0.1) is 0 Å². The molecule has 2 amide bonds. The maximum Gasteiger partial charge on any atom is 0.314 e. The quantitative estimate of drug-likeness (QED) is 0.331. The molecule has 0 radical (unpaired) electrons. The molecule has 2 aromatic rings. The number of hydrogen-bond donors (Lipinski definition) is 3. The molecule has 0 aliphatic rings. The maximum absolute atomic E-state index is 11.9. The van der Waals surface area contributed by atoms with Crippen molar-refractivity contribution in [1.29, 1.82) is 0 Å². The second kappa shape index (κ2) is 13.3. The van der Waals surface area contributed by atoms with Crippen molar-refractivity contribution < 1.29 is 19.4 Å². The lowest BCUT2D eigenvalue weighted by Gasteiger charge is -2.15. The number of pyridine rings is 1. The molecule has 0 aliphatic heterocycles. The predicted octanol–water partition coefficient (Wildman–Crippen LogP) is 4.03. The molecule has 7 heteroatoms. The van der Waals surface area contributed by atoms with Crippen LogP contribution in [0.2, 0.25) is 0 Å². The first-order valence-corrected chi connectivity index (χ1v) is 10.9. The summed E-state index contributed by atoms with van der Waals surface area (Å²) in [7, 11) is 0. The molecule has 0 fully saturated rings. The topological polar surface area (TPSA) is 101 Å². The van der Waals surface area contributed by atoms with Crippen molar-refractivity contribution in [2.75, 3.05) is 19.7 Å². The van der Waals surface area contributed by atoms with E-state index in [0.717, 1.165) is 25.7 Å². The molecule has 168 valence electrons. The van der Waals surface area contributed by atoms with Crippen molar-refractivity contribution in [3.05, 3.63) is 53.3 Å². The second-order valence-electron chi connectivity index (χ2n) is 7.45. The first-order chi connectivity index (χ1) is 15.0. The Labute approximate surface area is 184 Å². The number of rotatable bonds is 13. The molecule has 0 bridgehead atoms. The first kappa shape index (κ1) is 24.2. The molecule has 3 N–H and O–H groups in total. The van der Waals surface area contributed by atoms with Gasteiger partial charge in [0.1, 0.15) is 11.5 Å². The summed E-state index contributed by atoms with van der Waals surface area (Å²) in [6, 6.07) is 7.12. The number of ketones is 1. The lowest BCUT2D eigenvalue weighted by molar-refractivity contribution is 0.101. The van der Waals surface area contributed by atoms with Gasteiger partial charge in [-0.1, -0.05) is 19.4 Å². The van der Waals surface area contributed by atoms with Crippen LogP contribution in [-0.4, -0.2) is 41.6 Å². The third-order valence-corrected chi connectivity index (χ3v) is 4.88. The minimum Gasteiger partial charge on any atom is -0.507 e. The van der Waals surface area contributed by atoms with E-state index in [2.05, 4.69) is 21.7 Å². The number of benzene rings is 1. The summed E-state index contributed by atoms with van der Waals surface area (Å²) < 4.78 is 5.79. The van der Waals surface area contributed by atoms with E-state index in [1.54, 1.807) is 18.3 Å². The molecule has 2 rings (SSSR count). The second-order valence-corrected chi connectivity index (χ2v) is 7.45. The van der Waals surface area contributed by atoms with E-state index < -0.39 is 0 Å². The zero-order chi connectivity index (χ0) is 22.5. The minimum atomic E-state index is -0.184. The number of aryl methyl sites for hydroxylation is 1. The maximum atomic E-state index is 11.9. The number of ether oxygens (including phenoxy) is 1. The average Bonchev–Trinajstić information content (AvgIpc) is 2.76. The van der Waals surface area contributed by atoms with E-state index in [9.17, 15) is 14.7 Å². The van der Waals surface area contributed by atoms with Crippen molar-refractivity contribution >= 4 is 11.8 Å². The number of phenolic OH excluding ortho intramolecular Hbond substituents is 1. The van der Waals surface area contributed by atoms with Gasteiger partial charge in [0.2, 0.25) is 0 Å². The lowest BCUT2D eigenvalue weighted by Crippen LogP contribution is -2.36. The molecule has 1 aromatic carbocycles. The van der Waals surface area contributed by atoms with Crippen LogP contribution in [0.5, 0.6) is 11.5 Å². The highest BCUT2D eigenvalue weighted by Gasteiger charge is 2.15. The highest BCUT2D eigenvalue weighted by Crippen LogP contribution is 2.33. The Bertz CT molecular complexity index is 840. The third kappa shape index (κ3) is 8.28. The van der Waals surface area contributed by atoms with Gasteiger partial charge in [0.05, 0.1) is 12.2 Å². The van der Waals surface area contributed by atoms with Crippen molar-refractivity contribution in [1.82, 2.24) is 15.6 Å². The molecule has 0 saturated carbocycles. The van der Waals surface area contributed by atoms with Crippen LogP contribution >= 0.6 is 0 Å². The molecule has 1 aromatic heterocycles. The number of urea groups is 1. The Morgan fingerprint density at radius 2 is 1.84 bits per heavy atom. The summed E-state index contributed by atoms with van der Waals surface area (Å²) in [5.41, 5.74) is 2.18. The Balaban J connectivity index is 1.62. The van der Waals surface area contributed by atoms with Crippen LogP contribution in [0.3, 0.4) is 0 Å². The first-order valence-electron chi connectivity index (χ1n) is 10.9. The number of nitrogens with one attached hydrogen (secondary N) is 2. The number of carbonyl (C=O) groups is 2. The summed E-state index contributed by atoms with van der Waals surface area (Å²) in [6.07, 6.45) is 8.58. The number of carbonyl (C=O) groups excluding carboxylic acids is 2. The van der Waals surface area contributed by atoms with Gasteiger partial charge >= 0.3 is 6.03 Å². The predicted molar refractivity (Wildman–Crippen MR) is 121 cm³/mol. The van der Waals surface area contributed by atoms with Crippen LogP contribution in [0.4, 0.5) is 4.79 Å². The number of amides is 2. The van der Waals surface area contributed by atoms with Crippen LogP contribution in [0.25, 0.3) is 0 Å². The molecule has 31 heavy (non-hydrogen) atoms. The highest BCUT2D eigenvalue weighted by atomic mass is 16.5. The third-order valence-electron chi connectivity index (χ3n) is 4.88. The van der Waals surface area contributed by atoms with E-state index in [4.69, 9.17) is 4.74 Å². The van der Waals surface area contributed by atoms with Crippen LogP contribution in [0.1, 0.15) is 61.0 Å². The Hall–Kier alpha value is -3.09. The summed E-state index contributed by atoms with van der Waals surface area (Å²) in [5.74, 6) is 0.420. The van der Waals surface area contributed by atoms with Gasteiger partial charge in [-0.2, -0.15) is 0 Å². The largest absolute Gasteiger partial charge is 0.507 e. The molecule has 1 heterocycles. The number of unbranched alkanes of at least 4 members (excludes halogenated alkanes) is 1. The van der Waals surface area contributed by atoms with Gasteiger partial charge < -0.3 is 20.5 Å². The van der Waals surface area contributed by atoms with Gasteiger partial charge in [0.15, 0.2) is 5.78 Å². The number of aromatic hydroxyl groups is 1. The average molecular weight is 428 g/mol. The van der Waals surface area contributed by atoms with Crippen LogP contribution in [0.15, 0.2) is 36.7 Å². The molecule has 0 spiro atoms. The number of aromatic nitrogens is 1. The van der Waals surface area contributed by atoms with Gasteiger partial charge in [0.25, 0.3) is 0 Å². The normalized spacial score (nSPS) is 10.5. The van der Waals surface area contributed by atoms with Crippen molar-refractivity contribution in [2.45, 2.75) is 52.4 Å². The Kier molecular flexibility index (Phi) is 10.3. The van der Waals surface area contributed by atoms with Gasteiger partial charge in [0, 0.05) is 31.0 Å². The van der Waals surface area contributed by atoms with E-state index in [-0.39, 0.29) is 17.6 Å². The zero-order valence-electron chi connectivity index (χ0n) is 18.4. The fraction of sp³-hybridized carbons (Fsp3) is 0.458. The smallest absolute Gasteiger partial charge is 0.314 e. The number of nitrogens with zero attached hydrogens (tertiary/aromatic N) is 1. The van der Waals surface area contributed by atoms with Crippen LogP contribution in [-0.2, 0) is 12.8 Å².